The average molecular weight is 406 g/mol. The summed E-state index contributed by atoms with van der Waals surface area (Å²) in [6.45, 7) is 0.501. The third-order valence-electron chi connectivity index (χ3n) is 3.78. The number of aldehydes is 1. The molecule has 0 spiro atoms. The van der Waals surface area contributed by atoms with Gasteiger partial charge >= 0.3 is 5.97 Å². The number of nitrogens with two attached hydrogens (primary N) is 3. The van der Waals surface area contributed by atoms with Gasteiger partial charge in [0.1, 0.15) is 6.04 Å². The summed E-state index contributed by atoms with van der Waals surface area (Å²) in [5.41, 5.74) is 16.4. The van der Waals surface area contributed by atoms with Crippen LogP contribution in [0.15, 0.2) is 18.2 Å². The molecule has 8 heteroatoms. The Labute approximate surface area is 165 Å². The summed E-state index contributed by atoms with van der Waals surface area (Å²) in [4.78, 5) is 20.3. The first-order valence-electron chi connectivity index (χ1n) is 8.66. The van der Waals surface area contributed by atoms with Gasteiger partial charge in [0.25, 0.3) is 0 Å². The van der Waals surface area contributed by atoms with Crippen LogP contribution in [-0.2, 0) is 4.79 Å². The third-order valence-corrected chi connectivity index (χ3v) is 4.34. The Morgan fingerprint density at radius 3 is 2.27 bits per heavy atom. The van der Waals surface area contributed by atoms with Crippen molar-refractivity contribution in [2.75, 3.05) is 6.54 Å². The molecule has 7 N–H and O–H groups in total. The molecule has 6 nitrogen and oxygen atoms in total. The van der Waals surface area contributed by atoms with E-state index in [1.807, 2.05) is 0 Å². The quantitative estimate of drug-likeness (QED) is 0.555. The van der Waals surface area contributed by atoms with Crippen molar-refractivity contribution in [1.29, 1.82) is 0 Å². The highest BCUT2D eigenvalue weighted by atomic mass is 35.5. The molecule has 1 atom stereocenters. The van der Waals surface area contributed by atoms with Gasteiger partial charge in [0.15, 0.2) is 6.29 Å². The molecule has 1 saturated carbocycles. The molecule has 0 saturated heterocycles. The van der Waals surface area contributed by atoms with E-state index in [2.05, 4.69) is 0 Å². The highest BCUT2D eigenvalue weighted by molar-refractivity contribution is 6.36. The van der Waals surface area contributed by atoms with Crippen LogP contribution in [0.4, 0.5) is 0 Å². The lowest BCUT2D eigenvalue weighted by Crippen LogP contribution is -2.30. The number of carbonyl (C=O) groups is 2. The van der Waals surface area contributed by atoms with E-state index in [-0.39, 0.29) is 0 Å². The van der Waals surface area contributed by atoms with Crippen LogP contribution in [-0.4, -0.2) is 36.0 Å². The molecule has 0 aromatic heterocycles. The molecule has 1 aromatic rings. The third kappa shape index (κ3) is 12.2. The summed E-state index contributed by atoms with van der Waals surface area (Å²) in [6.07, 6.45) is 8.49. The molecule has 1 unspecified atom stereocenters. The maximum atomic E-state index is 10.2. The number of rotatable bonds is 5. The molecule has 2 rings (SSSR count). The topological polar surface area (TPSA) is 132 Å². The van der Waals surface area contributed by atoms with Gasteiger partial charge in [-0.1, -0.05) is 42.5 Å². The second-order valence-electron chi connectivity index (χ2n) is 6.06. The van der Waals surface area contributed by atoms with Gasteiger partial charge in [-0.15, -0.1) is 0 Å². The molecular formula is C18H29Cl2N3O3. The largest absolute Gasteiger partial charge is 0.480 e. The first-order chi connectivity index (χ1) is 12.3. The highest BCUT2D eigenvalue weighted by Gasteiger charge is 2.08. The van der Waals surface area contributed by atoms with E-state index in [1.165, 1.54) is 38.2 Å². The molecule has 1 aliphatic rings. The Morgan fingerprint density at radius 2 is 1.88 bits per heavy atom. The van der Waals surface area contributed by atoms with Crippen molar-refractivity contribution >= 4 is 35.5 Å². The fraction of sp³-hybridized carbons (Fsp3) is 0.556. The predicted octanol–water partition coefficient (Wildman–Crippen LogP) is 3.22. The van der Waals surface area contributed by atoms with Gasteiger partial charge in [-0.2, -0.15) is 0 Å². The van der Waals surface area contributed by atoms with Crippen molar-refractivity contribution in [3.63, 3.8) is 0 Å². The number of halogens is 2. The van der Waals surface area contributed by atoms with Crippen molar-refractivity contribution < 1.29 is 14.7 Å². The Balaban J connectivity index is 0.000000366. The number of carboxylic acid groups (broad SMARTS) is 1. The number of benzene rings is 1. The fourth-order valence-electron chi connectivity index (χ4n) is 2.19. The van der Waals surface area contributed by atoms with Crippen LogP contribution >= 0.6 is 23.2 Å². The Morgan fingerprint density at radius 1 is 1.27 bits per heavy atom. The second kappa shape index (κ2) is 14.9. The van der Waals surface area contributed by atoms with Gasteiger partial charge in [0, 0.05) is 16.6 Å². The lowest BCUT2D eigenvalue weighted by Gasteiger charge is -2.15. The van der Waals surface area contributed by atoms with Crippen LogP contribution in [0.25, 0.3) is 0 Å². The summed E-state index contributed by atoms with van der Waals surface area (Å²) in [6, 6.07) is 4.53. The molecule has 0 heterocycles. The van der Waals surface area contributed by atoms with Gasteiger partial charge in [-0.05, 0) is 50.4 Å². The van der Waals surface area contributed by atoms with E-state index in [4.69, 9.17) is 45.5 Å². The summed E-state index contributed by atoms with van der Waals surface area (Å²) in [7, 11) is 0. The van der Waals surface area contributed by atoms with E-state index < -0.39 is 12.0 Å². The van der Waals surface area contributed by atoms with Gasteiger partial charge in [0.2, 0.25) is 0 Å². The van der Waals surface area contributed by atoms with Crippen LogP contribution in [0.2, 0.25) is 10.0 Å². The zero-order valence-electron chi connectivity index (χ0n) is 14.9. The lowest BCUT2D eigenvalue weighted by atomic mass is 9.97. The maximum Gasteiger partial charge on any atom is 0.320 e. The van der Waals surface area contributed by atoms with E-state index >= 15 is 0 Å². The van der Waals surface area contributed by atoms with E-state index in [9.17, 15) is 9.59 Å². The Kier molecular flexibility index (Phi) is 14.3. The maximum absolute atomic E-state index is 10.2. The Hall–Kier alpha value is -1.18. The van der Waals surface area contributed by atoms with Crippen LogP contribution in [0.1, 0.15) is 55.3 Å². The first kappa shape index (κ1) is 24.8. The molecule has 0 bridgehead atoms. The molecule has 0 aliphatic heterocycles. The van der Waals surface area contributed by atoms with Crippen LogP contribution in [0.3, 0.4) is 0 Å². The van der Waals surface area contributed by atoms with Crippen molar-refractivity contribution in [1.82, 2.24) is 0 Å². The van der Waals surface area contributed by atoms with Crippen molar-refractivity contribution in [3.8, 4) is 0 Å². The highest BCUT2D eigenvalue weighted by Crippen LogP contribution is 2.19. The SMILES string of the molecule is NC1CCCCC1.NCCCC(N)C(=O)O.O=Cc1ccc(Cl)cc1Cl. The van der Waals surface area contributed by atoms with E-state index in [0.717, 1.165) is 0 Å². The zero-order chi connectivity index (χ0) is 19.9. The zero-order valence-corrected chi connectivity index (χ0v) is 16.4. The molecule has 1 aromatic carbocycles. The molecule has 1 aliphatic carbocycles. The number of carbonyl (C=O) groups excluding carboxylic acids is 1. The van der Waals surface area contributed by atoms with Crippen LogP contribution in [0, 0.1) is 0 Å². The molecular weight excluding hydrogens is 377 g/mol. The molecule has 148 valence electrons. The number of aliphatic carboxylic acids is 1. The minimum Gasteiger partial charge on any atom is -0.480 e. The minimum atomic E-state index is -0.955. The normalized spacial score (nSPS) is 15.0. The van der Waals surface area contributed by atoms with Crippen molar-refractivity contribution in [3.05, 3.63) is 33.8 Å². The van der Waals surface area contributed by atoms with Crippen molar-refractivity contribution in [2.45, 2.75) is 57.0 Å². The summed E-state index contributed by atoms with van der Waals surface area (Å²) in [5, 5.41) is 9.17. The molecule has 0 radical (unpaired) electrons. The number of hydrogen-bond acceptors (Lipinski definition) is 5. The monoisotopic (exact) mass is 405 g/mol. The summed E-state index contributed by atoms with van der Waals surface area (Å²) in [5.74, 6) is -0.955. The minimum absolute atomic E-state index is 0.391. The average Bonchev–Trinajstić information content (AvgIpc) is 2.61. The molecule has 26 heavy (non-hydrogen) atoms. The summed E-state index contributed by atoms with van der Waals surface area (Å²) < 4.78 is 0. The lowest BCUT2D eigenvalue weighted by molar-refractivity contribution is -0.138. The predicted molar refractivity (Wildman–Crippen MR) is 107 cm³/mol. The van der Waals surface area contributed by atoms with Gasteiger partial charge < -0.3 is 22.3 Å². The second-order valence-corrected chi connectivity index (χ2v) is 6.90. The van der Waals surface area contributed by atoms with Crippen LogP contribution in [0.5, 0.6) is 0 Å². The van der Waals surface area contributed by atoms with Gasteiger partial charge in [-0.3, -0.25) is 9.59 Å². The smallest absolute Gasteiger partial charge is 0.320 e. The van der Waals surface area contributed by atoms with Gasteiger partial charge in [0.05, 0.1) is 5.02 Å². The van der Waals surface area contributed by atoms with Gasteiger partial charge in [-0.25, -0.2) is 0 Å². The van der Waals surface area contributed by atoms with E-state index in [0.29, 0.717) is 47.3 Å². The first-order valence-corrected chi connectivity index (χ1v) is 9.41. The number of hydrogen-bond donors (Lipinski definition) is 4. The molecule has 1 fully saturated rings. The summed E-state index contributed by atoms with van der Waals surface area (Å²) >= 11 is 11.2. The number of carboxylic acids is 1. The Bertz CT molecular complexity index is 538. The van der Waals surface area contributed by atoms with E-state index in [1.54, 1.807) is 12.1 Å². The van der Waals surface area contributed by atoms with Crippen LogP contribution < -0.4 is 17.2 Å². The fourth-order valence-corrected chi connectivity index (χ4v) is 2.65. The molecule has 0 amide bonds. The van der Waals surface area contributed by atoms with Crippen molar-refractivity contribution in [2.24, 2.45) is 17.2 Å². The standard InChI is InChI=1S/C7H4Cl2O.C6H13N.C5H12N2O2/c8-6-2-1-5(4-10)7(9)3-6;7-6-4-2-1-3-5-6;6-3-1-2-4(7)5(8)9/h1-4H;6H,1-5,7H2;4H,1-3,6-7H2,(H,8,9).